The van der Waals surface area contributed by atoms with Gasteiger partial charge in [0, 0.05) is 24.9 Å². The van der Waals surface area contributed by atoms with Crippen molar-refractivity contribution in [3.63, 3.8) is 0 Å². The molecule has 0 saturated heterocycles. The largest absolute Gasteiger partial charge is 0.479 e. The molecule has 0 radical (unpaired) electrons. The smallest absolute Gasteiger partial charge is 0.267 e. The van der Waals surface area contributed by atoms with Gasteiger partial charge >= 0.3 is 0 Å². The Morgan fingerprint density at radius 1 is 1.24 bits per heavy atom. The van der Waals surface area contributed by atoms with Gasteiger partial charge in [-0.15, -0.1) is 0 Å². The summed E-state index contributed by atoms with van der Waals surface area (Å²) in [5.74, 6) is 0.0987. The summed E-state index contributed by atoms with van der Waals surface area (Å²) in [4.78, 5) is 38.3. The molecule has 1 aromatic carbocycles. The van der Waals surface area contributed by atoms with E-state index < -0.39 is 12.1 Å². The van der Waals surface area contributed by atoms with Crippen LogP contribution in [0.2, 0.25) is 5.02 Å². The van der Waals surface area contributed by atoms with Gasteiger partial charge in [-0.3, -0.25) is 14.4 Å². The lowest BCUT2D eigenvalue weighted by molar-refractivity contribution is -0.125. The van der Waals surface area contributed by atoms with Gasteiger partial charge in [-0.1, -0.05) is 11.6 Å². The lowest BCUT2D eigenvalue weighted by Gasteiger charge is -2.30. The molecule has 2 atom stereocenters. The molecule has 2 aromatic rings. The Kier molecular flexibility index (Phi) is 4.39. The van der Waals surface area contributed by atoms with Gasteiger partial charge in [0.25, 0.3) is 11.5 Å². The maximum Gasteiger partial charge on any atom is 0.267 e. The number of ketones is 1. The van der Waals surface area contributed by atoms with Gasteiger partial charge in [0.2, 0.25) is 0 Å². The minimum absolute atomic E-state index is 0.184. The van der Waals surface area contributed by atoms with Crippen molar-refractivity contribution in [1.29, 1.82) is 0 Å². The number of carbonyl (C=O) groups is 2. The molecule has 6 nitrogen and oxygen atoms in total. The van der Waals surface area contributed by atoms with E-state index in [0.717, 1.165) is 0 Å². The van der Waals surface area contributed by atoms with E-state index in [9.17, 15) is 14.4 Å². The molecule has 25 heavy (non-hydrogen) atoms. The van der Waals surface area contributed by atoms with E-state index in [1.807, 2.05) is 0 Å². The predicted octanol–water partition coefficient (Wildman–Crippen LogP) is 2.69. The third-order valence-electron chi connectivity index (χ3n) is 4.29. The van der Waals surface area contributed by atoms with Crippen LogP contribution in [0.15, 0.2) is 41.3 Å². The Morgan fingerprint density at radius 2 is 1.96 bits per heavy atom. The fourth-order valence-corrected chi connectivity index (χ4v) is 2.98. The normalized spacial score (nSPS) is 17.7. The number of amides is 1. The molecule has 1 amide bonds. The molecule has 2 heterocycles. The van der Waals surface area contributed by atoms with Crippen molar-refractivity contribution in [2.75, 3.05) is 11.9 Å². The Balaban J connectivity index is 1.97. The number of Topliss-reactive ketones (excluding diaryl/α,β-unsaturated/α-hetero) is 1. The summed E-state index contributed by atoms with van der Waals surface area (Å²) >= 11 is 5.92. The zero-order valence-corrected chi connectivity index (χ0v) is 14.8. The Bertz CT molecular complexity index is 922. The summed E-state index contributed by atoms with van der Waals surface area (Å²) in [6, 6.07) is 6.97. The summed E-state index contributed by atoms with van der Waals surface area (Å²) in [7, 11) is 1.64. The number of benzene rings is 1. The van der Waals surface area contributed by atoms with Gasteiger partial charge in [0.1, 0.15) is 5.75 Å². The number of rotatable bonds is 3. The van der Waals surface area contributed by atoms with Crippen LogP contribution in [0.3, 0.4) is 0 Å². The Morgan fingerprint density at radius 3 is 2.68 bits per heavy atom. The number of halogens is 1. The van der Waals surface area contributed by atoms with Crippen LogP contribution < -0.4 is 15.2 Å². The van der Waals surface area contributed by atoms with Crippen molar-refractivity contribution < 1.29 is 14.3 Å². The number of hydrogen-bond acceptors (Lipinski definition) is 4. The van der Waals surface area contributed by atoms with E-state index in [1.165, 1.54) is 27.8 Å². The summed E-state index contributed by atoms with van der Waals surface area (Å²) in [6.45, 7) is 3.31. The number of fused-ring (bicyclic) bond motifs is 1. The number of carbonyl (C=O) groups excluding carboxylic acids is 2. The number of ether oxygens (including phenoxy) is 1. The van der Waals surface area contributed by atoms with Crippen molar-refractivity contribution in [3.8, 4) is 5.75 Å². The van der Waals surface area contributed by atoms with Crippen LogP contribution in [0.25, 0.3) is 0 Å². The van der Waals surface area contributed by atoms with E-state index in [2.05, 4.69) is 0 Å². The molecule has 3 rings (SSSR count). The minimum Gasteiger partial charge on any atom is -0.479 e. The SMILES string of the molecule is CC1Oc2ccc(C(=O)C(C)n3cc(Cl)ccc3=O)cc2N(C)C1=O. The zero-order chi connectivity index (χ0) is 18.3. The number of aromatic nitrogens is 1. The molecular formula is C18H17ClN2O4. The fourth-order valence-electron chi connectivity index (χ4n) is 2.81. The second-order valence-electron chi connectivity index (χ2n) is 5.97. The number of hydrogen-bond donors (Lipinski definition) is 0. The monoisotopic (exact) mass is 360 g/mol. The highest BCUT2D eigenvalue weighted by Crippen LogP contribution is 2.34. The molecule has 0 aliphatic carbocycles. The highest BCUT2D eigenvalue weighted by Gasteiger charge is 2.30. The number of pyridine rings is 1. The molecule has 2 unspecified atom stereocenters. The van der Waals surface area contributed by atoms with E-state index in [4.69, 9.17) is 16.3 Å². The van der Waals surface area contributed by atoms with Crippen molar-refractivity contribution in [2.24, 2.45) is 0 Å². The quantitative estimate of drug-likeness (QED) is 0.789. The van der Waals surface area contributed by atoms with E-state index in [-0.39, 0.29) is 17.2 Å². The van der Waals surface area contributed by atoms with Gasteiger partial charge in [0.15, 0.2) is 11.9 Å². The van der Waals surface area contributed by atoms with Gasteiger partial charge in [-0.25, -0.2) is 0 Å². The van der Waals surface area contributed by atoms with Crippen LogP contribution in [0.1, 0.15) is 30.2 Å². The molecule has 0 saturated carbocycles. The van der Waals surface area contributed by atoms with Crippen LogP contribution >= 0.6 is 11.6 Å². The average Bonchev–Trinajstić information content (AvgIpc) is 2.60. The summed E-state index contributed by atoms with van der Waals surface area (Å²) in [6.07, 6.45) is 0.869. The van der Waals surface area contributed by atoms with Crippen molar-refractivity contribution in [3.05, 3.63) is 57.5 Å². The van der Waals surface area contributed by atoms with Crippen LogP contribution in [-0.2, 0) is 4.79 Å². The maximum absolute atomic E-state index is 12.8. The first-order valence-corrected chi connectivity index (χ1v) is 8.17. The van der Waals surface area contributed by atoms with Crippen LogP contribution in [0.4, 0.5) is 5.69 Å². The van der Waals surface area contributed by atoms with Crippen LogP contribution in [-0.4, -0.2) is 29.4 Å². The van der Waals surface area contributed by atoms with Gasteiger partial charge in [-0.05, 0) is 38.1 Å². The highest BCUT2D eigenvalue weighted by molar-refractivity contribution is 6.30. The second-order valence-corrected chi connectivity index (χ2v) is 6.41. The number of likely N-dealkylation sites (N-methyl/N-ethyl adjacent to an activating group) is 1. The molecular weight excluding hydrogens is 344 g/mol. The molecule has 1 aromatic heterocycles. The van der Waals surface area contributed by atoms with E-state index in [1.54, 1.807) is 39.1 Å². The lowest BCUT2D eigenvalue weighted by Crippen LogP contribution is -2.42. The first kappa shape index (κ1) is 17.2. The van der Waals surface area contributed by atoms with Gasteiger partial charge in [-0.2, -0.15) is 0 Å². The first-order valence-electron chi connectivity index (χ1n) is 7.80. The molecule has 0 bridgehead atoms. The first-order chi connectivity index (χ1) is 11.8. The minimum atomic E-state index is -0.728. The van der Waals surface area contributed by atoms with Crippen molar-refractivity contribution in [2.45, 2.75) is 26.0 Å². The number of nitrogens with zero attached hydrogens (tertiary/aromatic N) is 2. The zero-order valence-electron chi connectivity index (χ0n) is 14.0. The van der Waals surface area contributed by atoms with Crippen LogP contribution in [0.5, 0.6) is 5.75 Å². The molecule has 0 fully saturated rings. The molecule has 7 heteroatoms. The summed E-state index contributed by atoms with van der Waals surface area (Å²) in [5.41, 5.74) is 0.600. The Hall–Kier alpha value is -2.60. The topological polar surface area (TPSA) is 68.6 Å². The third kappa shape index (κ3) is 3.05. The molecule has 0 N–H and O–H groups in total. The van der Waals surface area contributed by atoms with E-state index >= 15 is 0 Å². The lowest BCUT2D eigenvalue weighted by atomic mass is 10.0. The summed E-state index contributed by atoms with van der Waals surface area (Å²) in [5, 5.41) is 0.373. The van der Waals surface area contributed by atoms with Gasteiger partial charge < -0.3 is 14.2 Å². The van der Waals surface area contributed by atoms with Crippen molar-refractivity contribution >= 4 is 29.0 Å². The van der Waals surface area contributed by atoms with Gasteiger partial charge in [0.05, 0.1) is 16.8 Å². The van der Waals surface area contributed by atoms with Crippen molar-refractivity contribution in [1.82, 2.24) is 4.57 Å². The van der Waals surface area contributed by atoms with E-state index in [0.29, 0.717) is 22.0 Å². The molecule has 1 aliphatic rings. The molecule has 1 aliphatic heterocycles. The standard InChI is InChI=1S/C18H17ClN2O4/c1-10(21-9-13(19)5-7-16(21)22)17(23)12-4-6-15-14(8-12)20(3)18(24)11(2)25-15/h4-11H,1-3H3. The Labute approximate surface area is 149 Å². The highest BCUT2D eigenvalue weighted by atomic mass is 35.5. The predicted molar refractivity (Wildman–Crippen MR) is 94.7 cm³/mol. The fraction of sp³-hybridized carbons (Fsp3) is 0.278. The molecule has 0 spiro atoms. The average molecular weight is 361 g/mol. The third-order valence-corrected chi connectivity index (χ3v) is 4.51. The second kappa shape index (κ2) is 6.37. The molecule has 130 valence electrons. The number of anilines is 1. The van der Waals surface area contributed by atoms with Crippen LogP contribution in [0, 0.1) is 0 Å². The maximum atomic E-state index is 12.8. The summed E-state index contributed by atoms with van der Waals surface area (Å²) < 4.78 is 6.84.